The van der Waals surface area contributed by atoms with E-state index in [0.717, 1.165) is 18.7 Å². The second-order valence-electron chi connectivity index (χ2n) is 7.93. The molecule has 0 atom stereocenters. The molecule has 1 aliphatic heterocycles. The number of anilines is 1. The lowest BCUT2D eigenvalue weighted by molar-refractivity contribution is 0.0767. The lowest BCUT2D eigenvalue weighted by atomic mass is 10.2. The molecule has 31 heavy (non-hydrogen) atoms. The molecule has 8 heteroatoms. The number of nitriles is 1. The monoisotopic (exact) mass is 440 g/mol. The molecular formula is C23H28N4O3S. The molecule has 0 N–H and O–H groups in total. The third-order valence-corrected chi connectivity index (χ3v) is 7.70. The number of sulfonamides is 1. The van der Waals surface area contributed by atoms with E-state index in [1.54, 1.807) is 31.3 Å². The van der Waals surface area contributed by atoms with Crippen LogP contribution in [-0.2, 0) is 10.0 Å². The predicted molar refractivity (Wildman–Crippen MR) is 120 cm³/mol. The topological polar surface area (TPSA) is 84.7 Å². The van der Waals surface area contributed by atoms with Crippen molar-refractivity contribution in [3.63, 3.8) is 0 Å². The molecule has 0 saturated carbocycles. The van der Waals surface area contributed by atoms with Crippen LogP contribution in [0.15, 0.2) is 53.4 Å². The van der Waals surface area contributed by atoms with Crippen molar-refractivity contribution in [2.45, 2.75) is 31.2 Å². The molecule has 1 saturated heterocycles. The van der Waals surface area contributed by atoms with Gasteiger partial charge in [0.25, 0.3) is 5.91 Å². The summed E-state index contributed by atoms with van der Waals surface area (Å²) in [6.07, 6.45) is 0.831. The highest BCUT2D eigenvalue weighted by atomic mass is 32.2. The third-order valence-electron chi connectivity index (χ3n) is 5.65. The quantitative estimate of drug-likeness (QED) is 0.714. The smallest absolute Gasteiger partial charge is 0.253 e. The molecule has 1 aliphatic rings. The van der Waals surface area contributed by atoms with Crippen molar-refractivity contribution in [3.8, 4) is 6.07 Å². The van der Waals surface area contributed by atoms with Crippen LogP contribution in [0.2, 0.25) is 0 Å². The first-order valence-corrected chi connectivity index (χ1v) is 11.8. The van der Waals surface area contributed by atoms with Gasteiger partial charge < -0.3 is 9.80 Å². The Balaban J connectivity index is 1.68. The molecule has 7 nitrogen and oxygen atoms in total. The number of nitrogens with zero attached hydrogens (tertiary/aromatic N) is 4. The second-order valence-corrected chi connectivity index (χ2v) is 9.93. The van der Waals surface area contributed by atoms with Crippen LogP contribution in [-0.4, -0.2) is 62.8 Å². The summed E-state index contributed by atoms with van der Waals surface area (Å²) >= 11 is 0. The Labute approximate surface area is 184 Å². The molecule has 3 rings (SSSR count). The number of rotatable bonds is 5. The normalized spacial score (nSPS) is 15.1. The van der Waals surface area contributed by atoms with E-state index in [0.29, 0.717) is 30.8 Å². The zero-order chi connectivity index (χ0) is 22.6. The van der Waals surface area contributed by atoms with E-state index in [9.17, 15) is 13.2 Å². The van der Waals surface area contributed by atoms with E-state index in [2.05, 4.69) is 11.0 Å². The van der Waals surface area contributed by atoms with E-state index in [4.69, 9.17) is 5.26 Å². The number of benzene rings is 2. The molecule has 2 aromatic rings. The van der Waals surface area contributed by atoms with Gasteiger partial charge in [-0.2, -0.15) is 9.57 Å². The number of hydrogen-bond donors (Lipinski definition) is 0. The zero-order valence-electron chi connectivity index (χ0n) is 18.2. The maximum atomic E-state index is 13.0. The van der Waals surface area contributed by atoms with Crippen molar-refractivity contribution in [2.75, 3.05) is 38.1 Å². The molecule has 2 aromatic carbocycles. The van der Waals surface area contributed by atoms with E-state index in [1.807, 2.05) is 30.9 Å². The van der Waals surface area contributed by atoms with Crippen LogP contribution in [0.4, 0.5) is 5.69 Å². The first-order chi connectivity index (χ1) is 14.7. The lowest BCUT2D eigenvalue weighted by Gasteiger charge is -2.24. The Morgan fingerprint density at radius 2 is 1.65 bits per heavy atom. The van der Waals surface area contributed by atoms with Crippen LogP contribution < -0.4 is 4.90 Å². The van der Waals surface area contributed by atoms with Crippen LogP contribution in [0.1, 0.15) is 36.2 Å². The predicted octanol–water partition coefficient (Wildman–Crippen LogP) is 2.94. The van der Waals surface area contributed by atoms with E-state index in [-0.39, 0.29) is 16.8 Å². The average Bonchev–Trinajstić information content (AvgIpc) is 3.04. The van der Waals surface area contributed by atoms with Crippen molar-refractivity contribution in [3.05, 3.63) is 59.7 Å². The summed E-state index contributed by atoms with van der Waals surface area (Å²) in [6, 6.07) is 15.6. The minimum atomic E-state index is -3.57. The summed E-state index contributed by atoms with van der Waals surface area (Å²) in [7, 11) is -2.02. The first-order valence-electron chi connectivity index (χ1n) is 10.4. The first kappa shape index (κ1) is 22.8. The summed E-state index contributed by atoms with van der Waals surface area (Å²) in [5, 5.41) is 8.96. The molecule has 0 bridgehead atoms. The minimum Gasteiger partial charge on any atom is -0.370 e. The summed E-state index contributed by atoms with van der Waals surface area (Å²) in [5.74, 6) is -0.0946. The van der Waals surface area contributed by atoms with Crippen LogP contribution in [0.5, 0.6) is 0 Å². The van der Waals surface area contributed by atoms with Crippen molar-refractivity contribution < 1.29 is 13.2 Å². The van der Waals surface area contributed by atoms with E-state index < -0.39 is 10.0 Å². The molecule has 0 radical (unpaired) electrons. The number of carbonyl (C=O) groups is 1. The van der Waals surface area contributed by atoms with Gasteiger partial charge in [-0.3, -0.25) is 4.79 Å². The maximum absolute atomic E-state index is 13.0. The second kappa shape index (κ2) is 9.50. The van der Waals surface area contributed by atoms with Gasteiger partial charge in [0, 0.05) is 50.5 Å². The van der Waals surface area contributed by atoms with Gasteiger partial charge in [0.1, 0.15) is 0 Å². The average molecular weight is 441 g/mol. The molecule has 0 aromatic heterocycles. The van der Waals surface area contributed by atoms with Crippen molar-refractivity contribution in [1.82, 2.24) is 9.21 Å². The molecule has 1 amide bonds. The van der Waals surface area contributed by atoms with Gasteiger partial charge in [0.05, 0.1) is 16.5 Å². The molecule has 0 aliphatic carbocycles. The van der Waals surface area contributed by atoms with Gasteiger partial charge >= 0.3 is 0 Å². The van der Waals surface area contributed by atoms with Crippen LogP contribution in [0, 0.1) is 11.3 Å². The summed E-state index contributed by atoms with van der Waals surface area (Å²) in [5.41, 5.74) is 2.15. The molecule has 0 spiro atoms. The number of amides is 1. The van der Waals surface area contributed by atoms with Gasteiger partial charge in [-0.25, -0.2) is 8.42 Å². The minimum absolute atomic E-state index is 0.0946. The molecule has 164 valence electrons. The van der Waals surface area contributed by atoms with E-state index >= 15 is 0 Å². The third kappa shape index (κ3) is 5.06. The largest absolute Gasteiger partial charge is 0.370 e. The number of hydrogen-bond acceptors (Lipinski definition) is 5. The number of carbonyl (C=O) groups excluding carboxylic acids is 1. The fourth-order valence-electron chi connectivity index (χ4n) is 3.52. The molecule has 1 heterocycles. The van der Waals surface area contributed by atoms with Gasteiger partial charge in [-0.1, -0.05) is 0 Å². The van der Waals surface area contributed by atoms with Crippen LogP contribution in [0.3, 0.4) is 0 Å². The molecule has 0 unspecified atom stereocenters. The lowest BCUT2D eigenvalue weighted by Crippen LogP contribution is -2.35. The fraction of sp³-hybridized carbons (Fsp3) is 0.391. The van der Waals surface area contributed by atoms with Crippen molar-refractivity contribution in [2.24, 2.45) is 0 Å². The maximum Gasteiger partial charge on any atom is 0.253 e. The molecule has 1 fully saturated rings. The Kier molecular flexibility index (Phi) is 6.98. The highest BCUT2D eigenvalue weighted by molar-refractivity contribution is 7.89. The highest BCUT2D eigenvalue weighted by Gasteiger charge is 2.24. The Morgan fingerprint density at radius 3 is 2.23 bits per heavy atom. The van der Waals surface area contributed by atoms with Crippen molar-refractivity contribution >= 4 is 21.6 Å². The summed E-state index contributed by atoms with van der Waals surface area (Å²) in [6.45, 7) is 6.38. The van der Waals surface area contributed by atoms with Gasteiger partial charge in [-0.05, 0) is 68.8 Å². The van der Waals surface area contributed by atoms with Crippen LogP contribution in [0.25, 0.3) is 0 Å². The summed E-state index contributed by atoms with van der Waals surface area (Å²) < 4.78 is 26.6. The van der Waals surface area contributed by atoms with Crippen molar-refractivity contribution in [1.29, 1.82) is 5.26 Å². The Bertz CT molecular complexity index is 1060. The summed E-state index contributed by atoms with van der Waals surface area (Å²) in [4.78, 5) is 17.2. The van der Waals surface area contributed by atoms with E-state index in [1.165, 1.54) is 16.4 Å². The Morgan fingerprint density at radius 1 is 1.00 bits per heavy atom. The fourth-order valence-corrected chi connectivity index (χ4v) is 4.89. The zero-order valence-corrected chi connectivity index (χ0v) is 19.0. The standard InChI is InChI=1S/C23H28N4O3S/c1-18(2)25(3)31(29,30)22-11-7-20(8-12-22)23(28)27-14-4-13-26(15-16-27)21-9-5-19(17-24)6-10-21/h5-12,18H,4,13-16H2,1-3H3. The van der Waals surface area contributed by atoms with Crippen LogP contribution >= 0.6 is 0 Å². The van der Waals surface area contributed by atoms with Gasteiger partial charge in [0.15, 0.2) is 0 Å². The highest BCUT2D eigenvalue weighted by Crippen LogP contribution is 2.20. The van der Waals surface area contributed by atoms with Gasteiger partial charge in [-0.15, -0.1) is 0 Å². The SMILES string of the molecule is CC(C)N(C)S(=O)(=O)c1ccc(C(=O)N2CCCN(c3ccc(C#N)cc3)CC2)cc1. The Hall–Kier alpha value is -2.89. The molecular weight excluding hydrogens is 412 g/mol. The van der Waals surface area contributed by atoms with Gasteiger partial charge in [0.2, 0.25) is 10.0 Å².